The van der Waals surface area contributed by atoms with Gasteiger partial charge in [0, 0.05) is 30.4 Å². The van der Waals surface area contributed by atoms with E-state index >= 15 is 0 Å². The number of H-pyrrole nitrogens is 1. The number of morpholine rings is 1. The van der Waals surface area contributed by atoms with Crippen LogP contribution in [0.15, 0.2) is 67.0 Å². The number of hydrogen-bond donors (Lipinski definition) is 2. The van der Waals surface area contributed by atoms with Gasteiger partial charge in [-0.15, -0.1) is 0 Å². The molecule has 2 aromatic carbocycles. The number of nitrogens with zero attached hydrogens (tertiary/aromatic N) is 3. The maximum absolute atomic E-state index is 12.7. The second kappa shape index (κ2) is 7.96. The molecule has 1 fully saturated rings. The zero-order chi connectivity index (χ0) is 20.3. The van der Waals surface area contributed by atoms with Crippen molar-refractivity contribution in [2.24, 2.45) is 0 Å². The third-order valence-electron chi connectivity index (χ3n) is 5.26. The van der Waals surface area contributed by atoms with Crippen molar-refractivity contribution in [1.82, 2.24) is 15.2 Å². The predicted molar refractivity (Wildman–Crippen MR) is 117 cm³/mol. The van der Waals surface area contributed by atoms with E-state index in [-0.39, 0.29) is 5.91 Å². The summed E-state index contributed by atoms with van der Waals surface area (Å²) in [4.78, 5) is 19.1. The van der Waals surface area contributed by atoms with Gasteiger partial charge >= 0.3 is 0 Å². The highest BCUT2D eigenvalue weighted by atomic mass is 16.5. The van der Waals surface area contributed by atoms with Crippen molar-refractivity contribution in [3.63, 3.8) is 0 Å². The molecule has 0 bridgehead atoms. The first-order valence-electron chi connectivity index (χ1n) is 9.90. The molecule has 5 rings (SSSR count). The van der Waals surface area contributed by atoms with Crippen molar-refractivity contribution in [2.75, 3.05) is 36.5 Å². The molecule has 0 saturated carbocycles. The summed E-state index contributed by atoms with van der Waals surface area (Å²) in [6, 6.07) is 17.7. The van der Waals surface area contributed by atoms with Gasteiger partial charge in [-0.1, -0.05) is 18.2 Å². The molecule has 0 atom stereocenters. The number of amides is 1. The minimum absolute atomic E-state index is 0.252. The Bertz CT molecular complexity index is 1180. The number of aromatic amines is 1. The van der Waals surface area contributed by atoms with Crippen molar-refractivity contribution in [2.45, 2.75) is 0 Å². The van der Waals surface area contributed by atoms with Crippen molar-refractivity contribution in [3.8, 4) is 11.1 Å². The lowest BCUT2D eigenvalue weighted by Gasteiger charge is -2.29. The van der Waals surface area contributed by atoms with Gasteiger partial charge in [0.25, 0.3) is 5.91 Å². The molecule has 3 heterocycles. The third-order valence-corrected chi connectivity index (χ3v) is 5.26. The Kier molecular flexibility index (Phi) is 4.86. The van der Waals surface area contributed by atoms with Crippen LogP contribution < -0.4 is 10.2 Å². The molecule has 0 radical (unpaired) electrons. The smallest absolute Gasteiger partial charge is 0.274 e. The molecule has 0 aliphatic carbocycles. The number of pyridine rings is 1. The maximum Gasteiger partial charge on any atom is 0.274 e. The Morgan fingerprint density at radius 1 is 1.03 bits per heavy atom. The fourth-order valence-corrected chi connectivity index (χ4v) is 3.71. The normalized spacial score (nSPS) is 14.1. The minimum atomic E-state index is -0.252. The number of carbonyl (C=O) groups is 1. The van der Waals surface area contributed by atoms with E-state index in [0.29, 0.717) is 11.4 Å². The fraction of sp³-hybridized carbons (Fsp3) is 0.174. The Balaban J connectivity index is 1.51. The molecule has 1 aliphatic heterocycles. The largest absolute Gasteiger partial charge is 0.378 e. The molecule has 7 heteroatoms. The molecule has 7 nitrogen and oxygen atoms in total. The maximum atomic E-state index is 12.7. The molecular weight excluding hydrogens is 378 g/mol. The van der Waals surface area contributed by atoms with Gasteiger partial charge in [0.05, 0.1) is 30.6 Å². The number of anilines is 2. The summed E-state index contributed by atoms with van der Waals surface area (Å²) in [6.07, 6.45) is 3.33. The molecule has 1 amide bonds. The molecule has 30 heavy (non-hydrogen) atoms. The van der Waals surface area contributed by atoms with Gasteiger partial charge in [-0.2, -0.15) is 5.10 Å². The second-order valence-corrected chi connectivity index (χ2v) is 7.17. The van der Waals surface area contributed by atoms with Gasteiger partial charge in [-0.3, -0.25) is 14.9 Å². The SMILES string of the molecule is O=C(Nc1cc(-c2cccc(N3CCOCC3)c2)cc2[nH]ncc12)c1ccccn1. The number of ether oxygens (including phenoxy) is 1. The number of hydrogen-bond acceptors (Lipinski definition) is 5. The highest BCUT2D eigenvalue weighted by Crippen LogP contribution is 2.32. The van der Waals surface area contributed by atoms with Crippen LogP contribution in [0.4, 0.5) is 11.4 Å². The lowest BCUT2D eigenvalue weighted by atomic mass is 10.0. The van der Waals surface area contributed by atoms with Crippen LogP contribution in [0.1, 0.15) is 10.5 Å². The summed E-state index contributed by atoms with van der Waals surface area (Å²) in [5.74, 6) is -0.252. The molecule has 0 spiro atoms. The molecule has 0 unspecified atom stereocenters. The van der Waals surface area contributed by atoms with E-state index in [0.717, 1.165) is 48.3 Å². The first kappa shape index (κ1) is 18.3. The first-order chi connectivity index (χ1) is 14.8. The molecule has 2 N–H and O–H groups in total. The van der Waals surface area contributed by atoms with E-state index < -0.39 is 0 Å². The van der Waals surface area contributed by atoms with Gasteiger partial charge in [-0.05, 0) is 47.5 Å². The lowest BCUT2D eigenvalue weighted by Crippen LogP contribution is -2.36. The van der Waals surface area contributed by atoms with Crippen molar-refractivity contribution >= 4 is 28.2 Å². The molecule has 1 aliphatic rings. The summed E-state index contributed by atoms with van der Waals surface area (Å²) in [6.45, 7) is 3.25. The van der Waals surface area contributed by atoms with Gasteiger partial charge in [0.2, 0.25) is 0 Å². The fourth-order valence-electron chi connectivity index (χ4n) is 3.71. The van der Waals surface area contributed by atoms with Crippen molar-refractivity contribution < 1.29 is 9.53 Å². The Morgan fingerprint density at radius 3 is 2.77 bits per heavy atom. The Labute approximate surface area is 173 Å². The summed E-state index contributed by atoms with van der Waals surface area (Å²) in [5, 5.41) is 11.0. The van der Waals surface area contributed by atoms with E-state index in [1.807, 2.05) is 6.07 Å². The summed E-state index contributed by atoms with van der Waals surface area (Å²) < 4.78 is 5.47. The van der Waals surface area contributed by atoms with Crippen LogP contribution in [-0.2, 0) is 4.74 Å². The quantitative estimate of drug-likeness (QED) is 0.547. The van der Waals surface area contributed by atoms with Crippen LogP contribution in [-0.4, -0.2) is 47.4 Å². The average Bonchev–Trinajstić information content (AvgIpc) is 3.29. The number of aromatic nitrogens is 3. The Morgan fingerprint density at radius 2 is 1.93 bits per heavy atom. The standard InChI is InChI=1S/C23H21N5O2/c29-23(20-6-1-2-7-24-20)26-21-13-17(14-22-19(21)15-25-27-22)16-4-3-5-18(12-16)28-8-10-30-11-9-28/h1-7,12-15H,8-11H2,(H,25,27)(H,26,29). The van der Waals surface area contributed by atoms with Gasteiger partial charge in [0.15, 0.2) is 0 Å². The number of nitrogens with one attached hydrogen (secondary N) is 2. The van der Waals surface area contributed by atoms with Gasteiger partial charge < -0.3 is 15.0 Å². The topological polar surface area (TPSA) is 83.1 Å². The second-order valence-electron chi connectivity index (χ2n) is 7.17. The first-order valence-corrected chi connectivity index (χ1v) is 9.90. The highest BCUT2D eigenvalue weighted by Gasteiger charge is 2.15. The van der Waals surface area contributed by atoms with Crippen LogP contribution in [0.5, 0.6) is 0 Å². The number of carbonyl (C=O) groups excluding carboxylic acids is 1. The number of rotatable bonds is 4. The number of fused-ring (bicyclic) bond motifs is 1. The summed E-state index contributed by atoms with van der Waals surface area (Å²) in [5.41, 5.74) is 5.17. The van der Waals surface area contributed by atoms with Crippen LogP contribution >= 0.6 is 0 Å². The van der Waals surface area contributed by atoms with E-state index in [9.17, 15) is 4.79 Å². The summed E-state index contributed by atoms with van der Waals surface area (Å²) >= 11 is 0. The highest BCUT2D eigenvalue weighted by molar-refractivity contribution is 6.08. The molecule has 150 valence electrons. The van der Waals surface area contributed by atoms with Crippen LogP contribution in [0.3, 0.4) is 0 Å². The lowest BCUT2D eigenvalue weighted by molar-refractivity contribution is 0.102. The monoisotopic (exact) mass is 399 g/mol. The number of benzene rings is 2. The van der Waals surface area contributed by atoms with Crippen LogP contribution in [0, 0.1) is 0 Å². The molecule has 4 aromatic rings. The van der Waals surface area contributed by atoms with E-state index in [2.05, 4.69) is 55.7 Å². The Hall–Kier alpha value is -3.71. The van der Waals surface area contributed by atoms with Gasteiger partial charge in [-0.25, -0.2) is 0 Å². The van der Waals surface area contributed by atoms with Crippen LogP contribution in [0.2, 0.25) is 0 Å². The van der Waals surface area contributed by atoms with Crippen LogP contribution in [0.25, 0.3) is 22.0 Å². The van der Waals surface area contributed by atoms with E-state index in [4.69, 9.17) is 4.74 Å². The average molecular weight is 399 g/mol. The van der Waals surface area contributed by atoms with Gasteiger partial charge in [0.1, 0.15) is 5.69 Å². The molecular formula is C23H21N5O2. The molecule has 1 saturated heterocycles. The zero-order valence-electron chi connectivity index (χ0n) is 16.3. The summed E-state index contributed by atoms with van der Waals surface area (Å²) in [7, 11) is 0. The zero-order valence-corrected chi connectivity index (χ0v) is 16.3. The van der Waals surface area contributed by atoms with E-state index in [1.165, 1.54) is 5.69 Å². The third kappa shape index (κ3) is 3.62. The minimum Gasteiger partial charge on any atom is -0.378 e. The predicted octanol–water partition coefficient (Wildman–Crippen LogP) is 3.71. The van der Waals surface area contributed by atoms with Crippen molar-refractivity contribution in [1.29, 1.82) is 0 Å². The van der Waals surface area contributed by atoms with E-state index in [1.54, 1.807) is 30.6 Å². The molecule has 2 aromatic heterocycles. The van der Waals surface area contributed by atoms with Crippen molar-refractivity contribution in [3.05, 3.63) is 72.7 Å².